The largest absolute Gasteiger partial charge is 0.480 e. The maximum Gasteiger partial charge on any atom is 0.397 e. The second kappa shape index (κ2) is 8.45. The van der Waals surface area contributed by atoms with Gasteiger partial charge in [0.25, 0.3) is 0 Å². The predicted octanol–water partition coefficient (Wildman–Crippen LogP) is 0.270. The lowest BCUT2D eigenvalue weighted by atomic mass is 10.1. The fourth-order valence-corrected chi connectivity index (χ4v) is 1.06. The molecule has 98 valence electrons. The van der Waals surface area contributed by atoms with Gasteiger partial charge in [-0.25, -0.2) is 4.18 Å². The summed E-state index contributed by atoms with van der Waals surface area (Å²) in [5, 5.41) is 8.31. The zero-order valence-electron chi connectivity index (χ0n) is 9.58. The molecule has 0 saturated heterocycles. The van der Waals surface area contributed by atoms with Crippen LogP contribution in [0.4, 0.5) is 0 Å². The molecule has 0 aliphatic rings. The van der Waals surface area contributed by atoms with Crippen molar-refractivity contribution in [3.05, 3.63) is 0 Å². The van der Waals surface area contributed by atoms with Crippen LogP contribution in [-0.2, 0) is 19.4 Å². The summed E-state index contributed by atoms with van der Waals surface area (Å²) in [6.07, 6.45) is 0.551. The maximum absolute atomic E-state index is 10.1. The molecule has 0 heterocycles. The molecule has 0 rings (SSSR count). The number of hydrogen-bond acceptors (Lipinski definition) is 5. The van der Waals surface area contributed by atoms with E-state index in [1.807, 2.05) is 13.8 Å². The van der Waals surface area contributed by atoms with Crippen molar-refractivity contribution in [3.8, 4) is 0 Å². The Hall–Kier alpha value is -0.700. The van der Waals surface area contributed by atoms with Crippen LogP contribution in [0.5, 0.6) is 0 Å². The van der Waals surface area contributed by atoms with Crippen LogP contribution in [0.3, 0.4) is 0 Å². The van der Waals surface area contributed by atoms with E-state index in [9.17, 15) is 13.2 Å². The molecule has 0 spiro atoms. The molecule has 1 atom stereocenters. The average molecular weight is 257 g/mol. The van der Waals surface area contributed by atoms with Gasteiger partial charge in [0.15, 0.2) is 0 Å². The Balaban J connectivity index is 0. The van der Waals surface area contributed by atoms with Crippen LogP contribution in [0, 0.1) is 5.92 Å². The smallest absolute Gasteiger partial charge is 0.397 e. The number of carboxylic acid groups (broad SMARTS) is 1. The Morgan fingerprint density at radius 1 is 1.44 bits per heavy atom. The van der Waals surface area contributed by atoms with Crippen LogP contribution in [0.25, 0.3) is 0 Å². The Morgan fingerprint density at radius 2 is 1.88 bits per heavy atom. The molecule has 0 aliphatic carbocycles. The van der Waals surface area contributed by atoms with Crippen molar-refractivity contribution < 1.29 is 27.1 Å². The van der Waals surface area contributed by atoms with Gasteiger partial charge in [0.1, 0.15) is 6.04 Å². The first-order chi connectivity index (χ1) is 7.10. The van der Waals surface area contributed by atoms with Gasteiger partial charge in [-0.3, -0.25) is 9.35 Å². The van der Waals surface area contributed by atoms with Crippen molar-refractivity contribution in [2.45, 2.75) is 33.2 Å². The fourth-order valence-electron chi connectivity index (χ4n) is 0.758. The van der Waals surface area contributed by atoms with Crippen molar-refractivity contribution in [3.63, 3.8) is 0 Å². The number of nitrogens with two attached hydrogens (primary N) is 1. The van der Waals surface area contributed by atoms with E-state index < -0.39 is 22.4 Å². The molecule has 0 saturated carbocycles. The van der Waals surface area contributed by atoms with Crippen LogP contribution in [-0.4, -0.2) is 36.7 Å². The summed E-state index contributed by atoms with van der Waals surface area (Å²) in [4.78, 5) is 10.1. The minimum atomic E-state index is -4.17. The summed E-state index contributed by atoms with van der Waals surface area (Å²) in [6.45, 7) is 5.33. The molecule has 16 heavy (non-hydrogen) atoms. The number of carboxylic acids is 1. The first-order valence-corrected chi connectivity index (χ1v) is 6.06. The average Bonchev–Trinajstić information content (AvgIpc) is 2.01. The lowest BCUT2D eigenvalue weighted by molar-refractivity contribution is -0.138. The summed E-state index contributed by atoms with van der Waals surface area (Å²) in [5.74, 6) is -0.556. The molecule has 0 radical (unpaired) electrons. The molecule has 7 nitrogen and oxygen atoms in total. The van der Waals surface area contributed by atoms with Crippen molar-refractivity contribution in [1.29, 1.82) is 0 Å². The van der Waals surface area contributed by atoms with E-state index in [-0.39, 0.29) is 6.61 Å². The highest BCUT2D eigenvalue weighted by Crippen LogP contribution is 2.01. The quantitative estimate of drug-likeness (QED) is 0.603. The third-order valence-electron chi connectivity index (χ3n) is 1.31. The third kappa shape index (κ3) is 15.8. The monoisotopic (exact) mass is 257 g/mol. The molecule has 0 amide bonds. The van der Waals surface area contributed by atoms with Crippen LogP contribution < -0.4 is 5.73 Å². The second-order valence-corrected chi connectivity index (χ2v) is 4.50. The van der Waals surface area contributed by atoms with E-state index in [4.69, 9.17) is 15.4 Å². The van der Waals surface area contributed by atoms with Gasteiger partial charge in [-0.1, -0.05) is 13.8 Å². The summed E-state index contributed by atoms with van der Waals surface area (Å²) in [6, 6.07) is -0.690. The van der Waals surface area contributed by atoms with Crippen LogP contribution in [0.2, 0.25) is 0 Å². The summed E-state index contributed by atoms with van der Waals surface area (Å²) >= 11 is 0. The molecule has 0 aliphatic heterocycles. The molecule has 0 aromatic rings. The van der Waals surface area contributed by atoms with Crippen LogP contribution >= 0.6 is 0 Å². The van der Waals surface area contributed by atoms with E-state index >= 15 is 0 Å². The summed E-state index contributed by atoms with van der Waals surface area (Å²) in [7, 11) is -4.17. The van der Waals surface area contributed by atoms with Crippen LogP contribution in [0.15, 0.2) is 0 Å². The summed E-state index contributed by atoms with van der Waals surface area (Å²) < 4.78 is 30.7. The standard InChI is InChI=1S/C6H13NO2.C2H6O4S/c1-4(2)3-5(7)6(8)9;1-2-6-7(3,4)5/h4-5H,3,7H2,1-2H3,(H,8,9);2H2,1H3,(H,3,4,5)/t5-;/m0./s1. The fraction of sp³-hybridized carbons (Fsp3) is 0.875. The lowest BCUT2D eigenvalue weighted by Crippen LogP contribution is -2.31. The zero-order valence-corrected chi connectivity index (χ0v) is 10.4. The van der Waals surface area contributed by atoms with Gasteiger partial charge in [0.05, 0.1) is 6.61 Å². The normalized spacial score (nSPS) is 12.9. The highest BCUT2D eigenvalue weighted by Gasteiger charge is 2.11. The summed E-state index contributed by atoms with van der Waals surface area (Å²) in [5.41, 5.74) is 5.22. The molecule has 0 unspecified atom stereocenters. The zero-order chi connectivity index (χ0) is 13.4. The maximum atomic E-state index is 10.1. The second-order valence-electron chi connectivity index (χ2n) is 3.41. The minimum absolute atomic E-state index is 0.0289. The van der Waals surface area contributed by atoms with Gasteiger partial charge in [-0.15, -0.1) is 0 Å². The highest BCUT2D eigenvalue weighted by molar-refractivity contribution is 7.80. The Bertz CT molecular complexity index is 287. The molecular weight excluding hydrogens is 238 g/mol. The molecular formula is C8H19NO6S. The predicted molar refractivity (Wildman–Crippen MR) is 58.2 cm³/mol. The number of aliphatic carboxylic acids is 1. The van der Waals surface area contributed by atoms with Gasteiger partial charge in [-0.05, 0) is 19.3 Å². The van der Waals surface area contributed by atoms with Gasteiger partial charge in [0.2, 0.25) is 0 Å². The Morgan fingerprint density at radius 3 is 1.94 bits per heavy atom. The van der Waals surface area contributed by atoms with Crippen molar-refractivity contribution in [2.24, 2.45) is 11.7 Å². The Labute approximate surface area is 95.5 Å². The molecule has 8 heteroatoms. The molecule has 0 aromatic heterocycles. The van der Waals surface area contributed by atoms with Gasteiger partial charge in [-0.2, -0.15) is 8.42 Å². The minimum Gasteiger partial charge on any atom is -0.480 e. The number of rotatable bonds is 5. The van der Waals surface area contributed by atoms with E-state index in [0.717, 1.165) is 0 Å². The SMILES string of the molecule is CC(C)C[C@H](N)C(=O)O.CCOS(=O)(=O)O. The number of hydrogen-bond donors (Lipinski definition) is 3. The third-order valence-corrected chi connectivity index (χ3v) is 1.84. The van der Waals surface area contributed by atoms with Gasteiger partial charge >= 0.3 is 16.4 Å². The number of carbonyl (C=O) groups is 1. The highest BCUT2D eigenvalue weighted by atomic mass is 32.3. The first kappa shape index (κ1) is 17.7. The van der Waals surface area contributed by atoms with Crippen LogP contribution in [0.1, 0.15) is 27.2 Å². The van der Waals surface area contributed by atoms with E-state index in [0.29, 0.717) is 12.3 Å². The topological polar surface area (TPSA) is 127 Å². The molecule has 0 bridgehead atoms. The van der Waals surface area contributed by atoms with E-state index in [1.54, 1.807) is 0 Å². The van der Waals surface area contributed by atoms with E-state index in [1.165, 1.54) is 6.92 Å². The van der Waals surface area contributed by atoms with Gasteiger partial charge in [0, 0.05) is 0 Å². The first-order valence-electron chi connectivity index (χ1n) is 4.70. The Kier molecular flexibility index (Phi) is 9.34. The molecule has 0 fully saturated rings. The van der Waals surface area contributed by atoms with Crippen molar-refractivity contribution in [2.75, 3.05) is 6.61 Å². The molecule has 4 N–H and O–H groups in total. The van der Waals surface area contributed by atoms with Crippen molar-refractivity contribution >= 4 is 16.4 Å². The molecule has 0 aromatic carbocycles. The van der Waals surface area contributed by atoms with Crippen molar-refractivity contribution in [1.82, 2.24) is 0 Å². The van der Waals surface area contributed by atoms with E-state index in [2.05, 4.69) is 4.18 Å². The van der Waals surface area contributed by atoms with Gasteiger partial charge < -0.3 is 10.8 Å². The lowest BCUT2D eigenvalue weighted by Gasteiger charge is -2.07.